The van der Waals surface area contributed by atoms with Gasteiger partial charge in [0.1, 0.15) is 11.0 Å². The zero-order valence-corrected chi connectivity index (χ0v) is 46.4. The largest absolute Gasteiger partial charge is 0.307 e. The number of aromatic nitrogens is 7. The van der Waals surface area contributed by atoms with Crippen LogP contribution in [0.3, 0.4) is 0 Å². The lowest BCUT2D eigenvalue weighted by molar-refractivity contribution is 1.15. The molecule has 0 atom stereocenters. The highest BCUT2D eigenvalue weighted by atomic mass is 15.1. The van der Waals surface area contributed by atoms with Crippen molar-refractivity contribution in [1.82, 2.24) is 33.2 Å². The minimum atomic E-state index is 0.711. The number of nitrogens with zero attached hydrogens (tertiary/aromatic N) is 7. The van der Waals surface area contributed by atoms with E-state index in [9.17, 15) is 0 Å². The normalized spacial score (nSPS) is 12.0. The molecule has 0 saturated carbocycles. The van der Waals surface area contributed by atoms with Crippen LogP contribution in [0.5, 0.6) is 0 Å². The van der Waals surface area contributed by atoms with Gasteiger partial charge in [-0.15, -0.1) is 0 Å². The minimum absolute atomic E-state index is 0.711. The molecule has 0 unspecified atom stereocenters. The highest BCUT2D eigenvalue weighted by Crippen LogP contribution is 2.46. The summed E-state index contributed by atoms with van der Waals surface area (Å²) in [6, 6.07) is 104. The Morgan fingerprint density at radius 3 is 0.953 bits per heavy atom. The summed E-state index contributed by atoms with van der Waals surface area (Å²) in [5.41, 5.74) is 22.0. The Kier molecular flexibility index (Phi) is 10.6. The summed E-state index contributed by atoms with van der Waals surface area (Å²) < 4.78 is 9.79. The topological polar surface area (TPSA) is 58.4 Å². The van der Waals surface area contributed by atoms with Crippen molar-refractivity contribution in [2.45, 2.75) is 0 Å². The molecule has 6 aromatic heterocycles. The van der Waals surface area contributed by atoms with Crippen LogP contribution >= 0.6 is 0 Å². The fourth-order valence-corrected chi connectivity index (χ4v) is 13.9. The first-order valence-electron chi connectivity index (χ1n) is 29.3. The van der Waals surface area contributed by atoms with Gasteiger partial charge < -0.3 is 18.3 Å². The van der Waals surface area contributed by atoms with E-state index in [-0.39, 0.29) is 0 Å². The Labute approximate surface area is 493 Å². The van der Waals surface area contributed by atoms with Gasteiger partial charge >= 0.3 is 0 Å². The molecule has 0 saturated heterocycles. The van der Waals surface area contributed by atoms with Crippen molar-refractivity contribution >= 4 is 98.3 Å². The van der Waals surface area contributed by atoms with Gasteiger partial charge in [-0.05, 0) is 78.4 Å². The zero-order valence-electron chi connectivity index (χ0n) is 46.4. The lowest BCUT2D eigenvalue weighted by Gasteiger charge is -2.17. The number of rotatable bonds is 8. The summed E-state index contributed by atoms with van der Waals surface area (Å²) in [5.74, 6) is 0. The fraction of sp³-hybridized carbons (Fsp3) is 0. The highest BCUT2D eigenvalue weighted by Gasteiger charge is 2.26. The van der Waals surface area contributed by atoms with Crippen LogP contribution in [0.15, 0.2) is 297 Å². The van der Waals surface area contributed by atoms with E-state index in [0.717, 1.165) is 117 Å². The number of hydrogen-bond acceptors (Lipinski definition) is 3. The van der Waals surface area contributed by atoms with Gasteiger partial charge in [0.05, 0.1) is 61.2 Å². The smallest absolute Gasteiger partial charge is 0.116 e. The standard InChI is InChI=1S/C79H49N7/c1-5-23-50(24-6-1)72-73(51-25-7-2-8-26-51)82-75-71(53-28-22-34-57(48-53)86-70-42-20-16-38-61(70)65-46-44-63-59-36-14-18-40-68(59)84(77(63)79(65)86)55-31-11-4-12-32-55)80-49-66(74(75)81-72)52-27-21-33-56(47-52)85-69-41-19-15-37-60(69)64-45-43-62-58-35-13-17-39-67(58)83(76(62)78(64)85)54-29-9-3-10-30-54/h1-49H. The molecule has 0 aliphatic carbocycles. The predicted octanol–water partition coefficient (Wildman–Crippen LogP) is 20.1. The van der Waals surface area contributed by atoms with Crippen LogP contribution < -0.4 is 0 Å². The van der Waals surface area contributed by atoms with Crippen molar-refractivity contribution in [3.63, 3.8) is 0 Å². The molecule has 6 heterocycles. The van der Waals surface area contributed by atoms with Gasteiger partial charge in [-0.3, -0.25) is 4.98 Å². The Bertz CT molecular complexity index is 5400. The molecule has 18 aromatic rings. The van der Waals surface area contributed by atoms with Crippen molar-refractivity contribution in [1.29, 1.82) is 0 Å². The lowest BCUT2D eigenvalue weighted by Crippen LogP contribution is -2.02. The Balaban J connectivity index is 0.892. The van der Waals surface area contributed by atoms with Crippen LogP contribution in [0.1, 0.15) is 0 Å². The SMILES string of the molecule is c1ccc(-c2nc3c(-c4cccc(-n5c6ccccc6c6ccc7c8ccccc8n(-c8ccccc8)c7c65)c4)cnc(-c4cccc(-n5c6ccccc6c6ccc7c8ccccc8n(-c8ccccc8)c7c65)c4)c3nc2-c2ccccc2)cc1. The van der Waals surface area contributed by atoms with E-state index in [2.05, 4.69) is 309 Å². The molecule has 7 nitrogen and oxygen atoms in total. The number of pyridine rings is 1. The van der Waals surface area contributed by atoms with E-state index >= 15 is 0 Å². The zero-order chi connectivity index (χ0) is 56.4. The van der Waals surface area contributed by atoms with Gasteiger partial charge in [0, 0.05) is 94.3 Å². The average molecular weight is 1100 g/mol. The van der Waals surface area contributed by atoms with E-state index in [0.29, 0.717) is 5.52 Å². The van der Waals surface area contributed by atoms with Crippen LogP contribution in [-0.4, -0.2) is 33.2 Å². The molecule has 400 valence electrons. The first-order chi connectivity index (χ1) is 42.7. The van der Waals surface area contributed by atoms with Crippen LogP contribution in [0.25, 0.3) is 166 Å². The highest BCUT2D eigenvalue weighted by molar-refractivity contribution is 6.25. The third kappa shape index (κ3) is 7.12. The van der Waals surface area contributed by atoms with E-state index in [1.807, 2.05) is 6.20 Å². The molecule has 0 spiro atoms. The summed E-state index contributed by atoms with van der Waals surface area (Å²) in [6.45, 7) is 0. The van der Waals surface area contributed by atoms with Crippen LogP contribution in [0.4, 0.5) is 0 Å². The number of fused-ring (bicyclic) bond motifs is 15. The third-order valence-electron chi connectivity index (χ3n) is 17.6. The van der Waals surface area contributed by atoms with Crippen molar-refractivity contribution < 1.29 is 0 Å². The second kappa shape index (κ2) is 18.9. The van der Waals surface area contributed by atoms with E-state index in [1.165, 1.54) is 43.1 Å². The molecule has 86 heavy (non-hydrogen) atoms. The quantitative estimate of drug-likeness (QED) is 0.152. The molecule has 0 aliphatic heterocycles. The number of hydrogen-bond donors (Lipinski definition) is 0. The molecule has 0 fully saturated rings. The summed E-state index contributed by atoms with van der Waals surface area (Å²) in [4.78, 5) is 17.2. The molecule has 0 radical (unpaired) electrons. The Morgan fingerprint density at radius 1 is 0.221 bits per heavy atom. The predicted molar refractivity (Wildman–Crippen MR) is 356 cm³/mol. The van der Waals surface area contributed by atoms with Crippen LogP contribution in [0, 0.1) is 0 Å². The summed E-state index contributed by atoms with van der Waals surface area (Å²) in [7, 11) is 0. The van der Waals surface area contributed by atoms with E-state index in [1.54, 1.807) is 0 Å². The molecule has 18 rings (SSSR count). The lowest BCUT2D eigenvalue weighted by atomic mass is 9.99. The molecular formula is C79H49N7. The van der Waals surface area contributed by atoms with Crippen LogP contribution in [0.2, 0.25) is 0 Å². The first-order valence-corrected chi connectivity index (χ1v) is 29.3. The molecule has 0 bridgehead atoms. The van der Waals surface area contributed by atoms with Crippen molar-refractivity contribution in [3.05, 3.63) is 297 Å². The molecule has 0 N–H and O–H groups in total. The van der Waals surface area contributed by atoms with Crippen LogP contribution in [-0.2, 0) is 0 Å². The van der Waals surface area contributed by atoms with E-state index in [4.69, 9.17) is 15.0 Å². The van der Waals surface area contributed by atoms with Gasteiger partial charge in [-0.2, -0.15) is 0 Å². The van der Waals surface area contributed by atoms with Crippen molar-refractivity contribution in [3.8, 4) is 67.6 Å². The summed E-state index contributed by atoms with van der Waals surface area (Å²) in [5, 5.41) is 9.57. The second-order valence-electron chi connectivity index (χ2n) is 22.3. The molecule has 12 aromatic carbocycles. The summed E-state index contributed by atoms with van der Waals surface area (Å²) >= 11 is 0. The van der Waals surface area contributed by atoms with Crippen molar-refractivity contribution in [2.75, 3.05) is 0 Å². The van der Waals surface area contributed by atoms with Gasteiger partial charge in [-0.25, -0.2) is 9.97 Å². The maximum atomic E-state index is 5.81. The first kappa shape index (κ1) is 47.9. The fourth-order valence-electron chi connectivity index (χ4n) is 13.9. The number of para-hydroxylation sites is 6. The maximum absolute atomic E-state index is 5.81. The van der Waals surface area contributed by atoms with Gasteiger partial charge in [0.15, 0.2) is 0 Å². The molecular weight excluding hydrogens is 1050 g/mol. The molecule has 0 amide bonds. The van der Waals surface area contributed by atoms with Crippen molar-refractivity contribution in [2.24, 2.45) is 0 Å². The van der Waals surface area contributed by atoms with Gasteiger partial charge in [0.25, 0.3) is 0 Å². The monoisotopic (exact) mass is 1100 g/mol. The summed E-state index contributed by atoms with van der Waals surface area (Å²) in [6.07, 6.45) is 2.02. The minimum Gasteiger partial charge on any atom is -0.307 e. The molecule has 7 heteroatoms. The average Bonchev–Trinajstić information content (AvgIpc) is 1.58. The maximum Gasteiger partial charge on any atom is 0.116 e. The molecule has 0 aliphatic rings. The Morgan fingerprint density at radius 2 is 0.535 bits per heavy atom. The Hall–Kier alpha value is -11.7. The van der Waals surface area contributed by atoms with Gasteiger partial charge in [-0.1, -0.05) is 218 Å². The second-order valence-corrected chi connectivity index (χ2v) is 22.3. The van der Waals surface area contributed by atoms with Gasteiger partial charge in [0.2, 0.25) is 0 Å². The number of benzene rings is 12. The van der Waals surface area contributed by atoms with E-state index < -0.39 is 0 Å². The third-order valence-corrected chi connectivity index (χ3v) is 17.6.